The third kappa shape index (κ3) is 6.65. The quantitative estimate of drug-likeness (QED) is 0.421. The van der Waals surface area contributed by atoms with Crippen molar-refractivity contribution in [2.75, 3.05) is 30.5 Å². The van der Waals surface area contributed by atoms with Gasteiger partial charge in [0, 0.05) is 13.1 Å². The first-order valence-electron chi connectivity index (χ1n) is 12.3. The Balaban J connectivity index is 1.42. The number of rotatable bonds is 11. The van der Waals surface area contributed by atoms with Crippen LogP contribution in [0.4, 0.5) is 5.69 Å². The highest BCUT2D eigenvalue weighted by molar-refractivity contribution is 7.92. The van der Waals surface area contributed by atoms with Gasteiger partial charge in [0.15, 0.2) is 0 Å². The summed E-state index contributed by atoms with van der Waals surface area (Å²) in [5.74, 6) is 0.210. The lowest BCUT2D eigenvalue weighted by Crippen LogP contribution is -2.40. The number of anilines is 1. The largest absolute Gasteiger partial charge is 0.494 e. The average molecular weight is 508 g/mol. The lowest BCUT2D eigenvalue weighted by molar-refractivity contribution is -0.119. The van der Waals surface area contributed by atoms with E-state index in [1.54, 1.807) is 42.5 Å². The molecular formula is C28H33N3O4S. The van der Waals surface area contributed by atoms with Gasteiger partial charge in [0.05, 0.1) is 17.2 Å². The zero-order valence-electron chi connectivity index (χ0n) is 20.6. The topological polar surface area (TPSA) is 79.0 Å². The average Bonchev–Trinajstić information content (AvgIpc) is 3.41. The number of carbonyl (C=O) groups is 1. The van der Waals surface area contributed by atoms with Crippen LogP contribution in [0.25, 0.3) is 0 Å². The van der Waals surface area contributed by atoms with Gasteiger partial charge in [0.2, 0.25) is 5.91 Å². The van der Waals surface area contributed by atoms with Crippen molar-refractivity contribution in [3.8, 4) is 5.75 Å². The molecule has 7 nitrogen and oxygen atoms in total. The van der Waals surface area contributed by atoms with Gasteiger partial charge < -0.3 is 10.1 Å². The van der Waals surface area contributed by atoms with Crippen molar-refractivity contribution in [3.63, 3.8) is 0 Å². The first kappa shape index (κ1) is 25.7. The summed E-state index contributed by atoms with van der Waals surface area (Å²) in [6.07, 6.45) is 2.52. The maximum absolute atomic E-state index is 13.5. The SMILES string of the molecule is CCOc1ccc(S(=O)(=O)N(CC(=O)NCc2ccc(CN3CCCC3)cc2)c2ccccc2)cc1. The van der Waals surface area contributed by atoms with Crippen LogP contribution >= 0.6 is 0 Å². The minimum absolute atomic E-state index is 0.0937. The number of hydrogen-bond donors (Lipinski definition) is 1. The van der Waals surface area contributed by atoms with Crippen molar-refractivity contribution in [1.29, 1.82) is 0 Å². The Morgan fingerprint density at radius 2 is 1.56 bits per heavy atom. The molecule has 3 aromatic carbocycles. The number of ether oxygens (including phenoxy) is 1. The van der Waals surface area contributed by atoms with Gasteiger partial charge in [-0.3, -0.25) is 14.0 Å². The third-order valence-electron chi connectivity index (χ3n) is 6.17. The summed E-state index contributed by atoms with van der Waals surface area (Å²) in [6, 6.07) is 23.1. The fourth-order valence-electron chi connectivity index (χ4n) is 4.26. The predicted molar refractivity (Wildman–Crippen MR) is 141 cm³/mol. The Morgan fingerprint density at radius 3 is 2.19 bits per heavy atom. The number of sulfonamides is 1. The maximum atomic E-state index is 13.5. The van der Waals surface area contributed by atoms with Gasteiger partial charge in [-0.25, -0.2) is 8.42 Å². The van der Waals surface area contributed by atoms with Crippen molar-refractivity contribution in [3.05, 3.63) is 90.0 Å². The Morgan fingerprint density at radius 1 is 0.917 bits per heavy atom. The molecule has 8 heteroatoms. The van der Waals surface area contributed by atoms with Crippen LogP contribution in [0.2, 0.25) is 0 Å². The van der Waals surface area contributed by atoms with Gasteiger partial charge in [-0.05, 0) is 80.4 Å². The van der Waals surface area contributed by atoms with E-state index >= 15 is 0 Å². The predicted octanol–water partition coefficient (Wildman–Crippen LogP) is 4.19. The third-order valence-corrected chi connectivity index (χ3v) is 7.96. The van der Waals surface area contributed by atoms with Gasteiger partial charge in [0.1, 0.15) is 12.3 Å². The number of carbonyl (C=O) groups excluding carboxylic acids is 1. The highest BCUT2D eigenvalue weighted by Gasteiger charge is 2.27. The van der Waals surface area contributed by atoms with E-state index in [1.165, 1.54) is 30.5 Å². The van der Waals surface area contributed by atoms with Crippen LogP contribution in [0.1, 0.15) is 30.9 Å². The molecule has 0 bridgehead atoms. The van der Waals surface area contributed by atoms with Crippen LogP contribution in [0.15, 0.2) is 83.8 Å². The number of likely N-dealkylation sites (tertiary alicyclic amines) is 1. The molecule has 0 radical (unpaired) electrons. The normalized spacial score (nSPS) is 13.9. The molecule has 0 atom stereocenters. The van der Waals surface area contributed by atoms with Gasteiger partial charge in [-0.1, -0.05) is 42.5 Å². The Kier molecular flexibility index (Phi) is 8.61. The molecule has 36 heavy (non-hydrogen) atoms. The standard InChI is InChI=1S/C28H33N3O4S/c1-2-35-26-14-16-27(17-15-26)36(33,34)31(25-8-4-3-5-9-25)22-28(32)29-20-23-10-12-24(13-11-23)21-30-18-6-7-19-30/h3-5,8-17H,2,6-7,18-22H2,1H3,(H,29,32). The molecule has 0 aromatic heterocycles. The van der Waals surface area contributed by atoms with Crippen LogP contribution < -0.4 is 14.4 Å². The summed E-state index contributed by atoms with van der Waals surface area (Å²) in [5.41, 5.74) is 2.64. The minimum atomic E-state index is -3.97. The summed E-state index contributed by atoms with van der Waals surface area (Å²) in [6.45, 7) is 5.60. The number of para-hydroxylation sites is 1. The second-order valence-electron chi connectivity index (χ2n) is 8.83. The molecule has 1 heterocycles. The molecule has 0 aliphatic carbocycles. The van der Waals surface area contributed by atoms with E-state index < -0.39 is 10.0 Å². The van der Waals surface area contributed by atoms with Crippen molar-refractivity contribution < 1.29 is 17.9 Å². The van der Waals surface area contributed by atoms with E-state index in [1.807, 2.05) is 19.1 Å². The molecule has 1 amide bonds. The van der Waals surface area contributed by atoms with Gasteiger partial charge in [0.25, 0.3) is 10.0 Å². The molecular weight excluding hydrogens is 474 g/mol. The van der Waals surface area contributed by atoms with Gasteiger partial charge in [-0.2, -0.15) is 0 Å². The summed E-state index contributed by atoms with van der Waals surface area (Å²) in [7, 11) is -3.97. The van der Waals surface area contributed by atoms with E-state index in [2.05, 4.69) is 22.3 Å². The summed E-state index contributed by atoms with van der Waals surface area (Å²) < 4.78 is 33.5. The van der Waals surface area contributed by atoms with Crippen molar-refractivity contribution in [1.82, 2.24) is 10.2 Å². The Labute approximate surface area is 213 Å². The number of nitrogens with zero attached hydrogens (tertiary/aromatic N) is 2. The first-order chi connectivity index (χ1) is 17.5. The minimum Gasteiger partial charge on any atom is -0.494 e. The monoisotopic (exact) mass is 507 g/mol. The van der Waals surface area contributed by atoms with Crippen LogP contribution in [-0.2, 0) is 27.9 Å². The number of nitrogens with one attached hydrogen (secondary N) is 1. The number of hydrogen-bond acceptors (Lipinski definition) is 5. The van der Waals surface area contributed by atoms with Crippen LogP contribution in [0.5, 0.6) is 5.75 Å². The van der Waals surface area contributed by atoms with Crippen molar-refractivity contribution in [2.45, 2.75) is 37.8 Å². The maximum Gasteiger partial charge on any atom is 0.264 e. The van der Waals surface area contributed by atoms with Gasteiger partial charge in [-0.15, -0.1) is 0 Å². The fraction of sp³-hybridized carbons (Fsp3) is 0.321. The molecule has 1 N–H and O–H groups in total. The zero-order valence-corrected chi connectivity index (χ0v) is 21.4. The Bertz CT molecular complexity index is 1220. The lowest BCUT2D eigenvalue weighted by Gasteiger charge is -2.24. The van der Waals surface area contributed by atoms with E-state index in [0.717, 1.165) is 29.5 Å². The lowest BCUT2D eigenvalue weighted by atomic mass is 10.1. The molecule has 1 fully saturated rings. The van der Waals surface area contributed by atoms with E-state index in [9.17, 15) is 13.2 Å². The molecule has 1 aliphatic heterocycles. The second-order valence-corrected chi connectivity index (χ2v) is 10.7. The van der Waals surface area contributed by atoms with Gasteiger partial charge >= 0.3 is 0 Å². The first-order valence-corrected chi connectivity index (χ1v) is 13.8. The smallest absolute Gasteiger partial charge is 0.264 e. The highest BCUT2D eigenvalue weighted by Crippen LogP contribution is 2.25. The van der Waals surface area contributed by atoms with Crippen LogP contribution in [0.3, 0.4) is 0 Å². The number of benzene rings is 3. The molecule has 1 saturated heterocycles. The summed E-state index contributed by atoms with van der Waals surface area (Å²) in [5, 5.41) is 2.87. The highest BCUT2D eigenvalue weighted by atomic mass is 32.2. The summed E-state index contributed by atoms with van der Waals surface area (Å²) in [4.78, 5) is 15.4. The van der Waals surface area contributed by atoms with Crippen molar-refractivity contribution >= 4 is 21.6 Å². The molecule has 3 aromatic rings. The van der Waals surface area contributed by atoms with Crippen LogP contribution in [0, 0.1) is 0 Å². The van der Waals surface area contributed by atoms with Crippen molar-refractivity contribution in [2.24, 2.45) is 0 Å². The molecule has 190 valence electrons. The molecule has 1 aliphatic rings. The second kappa shape index (κ2) is 12.1. The molecule has 4 rings (SSSR count). The van der Waals surface area contributed by atoms with E-state index in [4.69, 9.17) is 4.74 Å². The zero-order chi connectivity index (χ0) is 25.4. The van der Waals surface area contributed by atoms with E-state index in [-0.39, 0.29) is 17.3 Å². The van der Waals surface area contributed by atoms with E-state index in [0.29, 0.717) is 24.6 Å². The number of amides is 1. The summed E-state index contributed by atoms with van der Waals surface area (Å²) >= 11 is 0. The fourth-order valence-corrected chi connectivity index (χ4v) is 5.68. The Hall–Kier alpha value is -3.36. The molecule has 0 saturated carbocycles. The van der Waals surface area contributed by atoms with Crippen LogP contribution in [-0.4, -0.2) is 45.5 Å². The molecule has 0 spiro atoms. The molecule has 0 unspecified atom stereocenters.